The van der Waals surface area contributed by atoms with Crippen LogP contribution in [0.5, 0.6) is 0 Å². The van der Waals surface area contributed by atoms with Crippen molar-refractivity contribution in [1.29, 1.82) is 0 Å². The molecule has 1 rings (SSSR count). The van der Waals surface area contributed by atoms with Crippen LogP contribution in [0.3, 0.4) is 0 Å². The molecule has 0 bridgehead atoms. The number of hydrogen-bond acceptors (Lipinski definition) is 3. The summed E-state index contributed by atoms with van der Waals surface area (Å²) in [6, 6.07) is 0.0242. The van der Waals surface area contributed by atoms with Gasteiger partial charge < -0.3 is 9.80 Å². The van der Waals surface area contributed by atoms with E-state index in [9.17, 15) is 9.59 Å². The average Bonchev–Trinajstić information content (AvgIpc) is 2.65. The summed E-state index contributed by atoms with van der Waals surface area (Å²) >= 11 is 5.57. The Morgan fingerprint density at radius 2 is 2.12 bits per heavy atom. The van der Waals surface area contributed by atoms with Crippen molar-refractivity contribution >= 4 is 23.5 Å². The van der Waals surface area contributed by atoms with Gasteiger partial charge in [-0.15, -0.1) is 11.6 Å². The molecule has 1 aliphatic heterocycles. The molecule has 0 aliphatic carbocycles. The molecule has 0 aromatic carbocycles. The van der Waals surface area contributed by atoms with Gasteiger partial charge in [0, 0.05) is 19.1 Å². The highest BCUT2D eigenvalue weighted by atomic mass is 35.5. The number of hydrogen-bond donors (Lipinski definition) is 1. The standard InChI is InChI=1S/C10H18ClN3O2/c1-7(11)9(15)12-10(16)14-5-4-8(6-14)13(2)3/h7-8H,4-6H2,1-3H3,(H,12,15,16). The highest BCUT2D eigenvalue weighted by molar-refractivity contribution is 6.31. The second-order valence-electron chi connectivity index (χ2n) is 4.26. The summed E-state index contributed by atoms with van der Waals surface area (Å²) in [5.74, 6) is -0.444. The van der Waals surface area contributed by atoms with Crippen molar-refractivity contribution in [3.63, 3.8) is 0 Å². The van der Waals surface area contributed by atoms with E-state index in [1.54, 1.807) is 4.90 Å². The third kappa shape index (κ3) is 3.35. The summed E-state index contributed by atoms with van der Waals surface area (Å²) in [4.78, 5) is 26.6. The molecule has 2 atom stereocenters. The highest BCUT2D eigenvalue weighted by Crippen LogP contribution is 2.13. The number of carbonyl (C=O) groups excluding carboxylic acids is 2. The van der Waals surface area contributed by atoms with Crippen LogP contribution in [-0.4, -0.2) is 60.3 Å². The third-order valence-corrected chi connectivity index (χ3v) is 2.97. The summed E-state index contributed by atoms with van der Waals surface area (Å²) in [5.41, 5.74) is 0. The SMILES string of the molecule is CC(Cl)C(=O)NC(=O)N1CCC(N(C)C)C1. The quantitative estimate of drug-likeness (QED) is 0.723. The van der Waals surface area contributed by atoms with Gasteiger partial charge in [-0.1, -0.05) is 0 Å². The number of halogens is 1. The number of rotatable bonds is 2. The van der Waals surface area contributed by atoms with Crippen LogP contribution in [-0.2, 0) is 4.79 Å². The number of carbonyl (C=O) groups is 2. The molecule has 6 heteroatoms. The van der Waals surface area contributed by atoms with Gasteiger partial charge in [0.2, 0.25) is 5.91 Å². The van der Waals surface area contributed by atoms with Crippen molar-refractivity contribution in [2.24, 2.45) is 0 Å². The zero-order valence-corrected chi connectivity index (χ0v) is 10.6. The van der Waals surface area contributed by atoms with Crippen molar-refractivity contribution in [3.8, 4) is 0 Å². The molecule has 1 N–H and O–H groups in total. The van der Waals surface area contributed by atoms with Gasteiger partial charge in [0.1, 0.15) is 5.38 Å². The topological polar surface area (TPSA) is 52.7 Å². The lowest BCUT2D eigenvalue weighted by Crippen LogP contribution is -2.45. The van der Waals surface area contributed by atoms with E-state index in [1.807, 2.05) is 14.1 Å². The van der Waals surface area contributed by atoms with Gasteiger partial charge >= 0.3 is 6.03 Å². The molecular formula is C10H18ClN3O2. The van der Waals surface area contributed by atoms with Crippen molar-refractivity contribution in [3.05, 3.63) is 0 Å². The van der Waals surface area contributed by atoms with E-state index in [4.69, 9.17) is 11.6 Å². The van der Waals surface area contributed by atoms with Crippen molar-refractivity contribution in [2.75, 3.05) is 27.2 Å². The minimum absolute atomic E-state index is 0.346. The maximum atomic E-state index is 11.6. The fourth-order valence-corrected chi connectivity index (χ4v) is 1.69. The highest BCUT2D eigenvalue weighted by Gasteiger charge is 2.28. The molecule has 5 nitrogen and oxygen atoms in total. The second-order valence-corrected chi connectivity index (χ2v) is 4.92. The van der Waals surface area contributed by atoms with Crippen molar-refractivity contribution in [2.45, 2.75) is 24.8 Å². The van der Waals surface area contributed by atoms with E-state index in [0.29, 0.717) is 19.1 Å². The van der Waals surface area contributed by atoms with Gasteiger partial charge in [-0.2, -0.15) is 0 Å². The minimum atomic E-state index is -0.684. The number of nitrogens with zero attached hydrogens (tertiary/aromatic N) is 2. The Labute approximate surface area is 101 Å². The van der Waals surface area contributed by atoms with E-state index in [-0.39, 0.29) is 6.03 Å². The molecule has 2 unspecified atom stereocenters. The first-order chi connectivity index (χ1) is 7.41. The molecule has 3 amide bonds. The second kappa shape index (κ2) is 5.50. The summed E-state index contributed by atoms with van der Waals surface area (Å²) in [7, 11) is 3.97. The van der Waals surface area contributed by atoms with Crippen molar-refractivity contribution in [1.82, 2.24) is 15.1 Å². The van der Waals surface area contributed by atoms with Gasteiger partial charge in [0.15, 0.2) is 0 Å². The number of urea groups is 1. The first-order valence-corrected chi connectivity index (χ1v) is 5.75. The fourth-order valence-electron chi connectivity index (χ4n) is 1.63. The molecule has 1 fully saturated rings. The lowest BCUT2D eigenvalue weighted by atomic mass is 10.2. The molecular weight excluding hydrogens is 230 g/mol. The molecule has 0 aromatic rings. The number of likely N-dealkylation sites (tertiary alicyclic amines) is 1. The van der Waals surface area contributed by atoms with Gasteiger partial charge in [0.25, 0.3) is 0 Å². The monoisotopic (exact) mass is 247 g/mol. The summed E-state index contributed by atoms with van der Waals surface area (Å²) in [6.07, 6.45) is 0.936. The van der Waals surface area contributed by atoms with Crippen LogP contribution in [0.15, 0.2) is 0 Å². The van der Waals surface area contributed by atoms with Crippen LogP contribution < -0.4 is 5.32 Å². The number of likely N-dealkylation sites (N-methyl/N-ethyl adjacent to an activating group) is 1. The Bertz CT molecular complexity index is 281. The largest absolute Gasteiger partial charge is 0.324 e. The zero-order valence-electron chi connectivity index (χ0n) is 9.86. The Balaban J connectivity index is 2.42. The van der Waals surface area contributed by atoms with E-state index in [1.165, 1.54) is 6.92 Å². The molecule has 1 aliphatic rings. The number of amides is 3. The lowest BCUT2D eigenvalue weighted by molar-refractivity contribution is -0.119. The Morgan fingerprint density at radius 1 is 1.50 bits per heavy atom. The van der Waals surface area contributed by atoms with Crippen molar-refractivity contribution < 1.29 is 9.59 Å². The number of nitrogens with one attached hydrogen (secondary N) is 1. The maximum Gasteiger partial charge on any atom is 0.324 e. The Morgan fingerprint density at radius 3 is 2.56 bits per heavy atom. The molecule has 1 heterocycles. The molecule has 1 saturated heterocycles. The van der Waals surface area contributed by atoms with E-state index in [0.717, 1.165) is 6.42 Å². The predicted molar refractivity (Wildman–Crippen MR) is 62.5 cm³/mol. The van der Waals surface area contributed by atoms with Crippen LogP contribution >= 0.6 is 11.6 Å². The normalized spacial score (nSPS) is 22.3. The zero-order chi connectivity index (χ0) is 12.3. The lowest BCUT2D eigenvalue weighted by Gasteiger charge is -2.20. The minimum Gasteiger partial charge on any atom is -0.323 e. The first kappa shape index (κ1) is 13.3. The molecule has 92 valence electrons. The average molecular weight is 248 g/mol. The molecule has 0 radical (unpaired) electrons. The van der Waals surface area contributed by atoms with E-state index >= 15 is 0 Å². The van der Waals surface area contributed by atoms with Crippen LogP contribution in [0.4, 0.5) is 4.79 Å². The summed E-state index contributed by atoms with van der Waals surface area (Å²) in [5, 5.41) is 1.59. The van der Waals surface area contributed by atoms with Gasteiger partial charge in [-0.25, -0.2) is 4.79 Å². The predicted octanol–water partition coefficient (Wildman–Crippen LogP) is 0.486. The van der Waals surface area contributed by atoms with E-state index in [2.05, 4.69) is 10.2 Å². The Hall–Kier alpha value is -0.810. The molecule has 0 saturated carbocycles. The molecule has 16 heavy (non-hydrogen) atoms. The Kier molecular flexibility index (Phi) is 4.56. The first-order valence-electron chi connectivity index (χ1n) is 5.32. The fraction of sp³-hybridized carbons (Fsp3) is 0.800. The van der Waals surface area contributed by atoms with Crippen LogP contribution in [0.2, 0.25) is 0 Å². The van der Waals surface area contributed by atoms with Crippen LogP contribution in [0, 0.1) is 0 Å². The maximum absolute atomic E-state index is 11.6. The van der Waals surface area contributed by atoms with Crippen LogP contribution in [0.1, 0.15) is 13.3 Å². The third-order valence-electron chi connectivity index (χ3n) is 2.77. The number of imide groups is 1. The summed E-state index contributed by atoms with van der Waals surface area (Å²) in [6.45, 7) is 2.87. The van der Waals surface area contributed by atoms with Gasteiger partial charge in [0.05, 0.1) is 0 Å². The van der Waals surface area contributed by atoms with E-state index < -0.39 is 11.3 Å². The van der Waals surface area contributed by atoms with Crippen LogP contribution in [0.25, 0.3) is 0 Å². The molecule has 0 aromatic heterocycles. The molecule has 0 spiro atoms. The van der Waals surface area contributed by atoms with Gasteiger partial charge in [-0.05, 0) is 27.4 Å². The van der Waals surface area contributed by atoms with Gasteiger partial charge in [-0.3, -0.25) is 10.1 Å². The smallest absolute Gasteiger partial charge is 0.323 e. The summed E-state index contributed by atoms with van der Waals surface area (Å²) < 4.78 is 0. The number of alkyl halides is 1.